The molecule has 1 aliphatic rings. The van der Waals surface area contributed by atoms with Crippen LogP contribution in [-0.4, -0.2) is 21.9 Å². The monoisotopic (exact) mass is 357 g/mol. The standard InChI is InChI=1S/C19H19NO4S/c1-19(2)11-16(15-8-7-14(24-3)10-17(15)25-19)18(21)12-5-4-6-13(9-12)20(22)23/h4-11,18,21H,1-3H3. The van der Waals surface area contributed by atoms with E-state index in [1.54, 1.807) is 31.0 Å². The minimum absolute atomic E-state index is 0.0310. The molecule has 0 saturated heterocycles. The van der Waals surface area contributed by atoms with E-state index in [1.165, 1.54) is 12.1 Å². The Balaban J connectivity index is 2.07. The molecule has 0 aromatic heterocycles. The van der Waals surface area contributed by atoms with Crippen molar-refractivity contribution >= 4 is 23.0 Å². The fraction of sp³-hybridized carbons (Fsp3) is 0.263. The summed E-state index contributed by atoms with van der Waals surface area (Å²) in [5.74, 6) is 0.758. The van der Waals surface area contributed by atoms with Crippen molar-refractivity contribution in [2.75, 3.05) is 7.11 Å². The molecule has 3 rings (SSSR count). The lowest BCUT2D eigenvalue weighted by Crippen LogP contribution is -2.18. The summed E-state index contributed by atoms with van der Waals surface area (Å²) in [6.45, 7) is 4.14. The highest BCUT2D eigenvalue weighted by Gasteiger charge is 2.30. The maximum absolute atomic E-state index is 11.0. The Bertz CT molecular complexity index is 860. The Morgan fingerprint density at radius 3 is 2.68 bits per heavy atom. The van der Waals surface area contributed by atoms with Gasteiger partial charge in [0.15, 0.2) is 0 Å². The summed E-state index contributed by atoms with van der Waals surface area (Å²) in [6.07, 6.45) is 1.09. The molecule has 1 aliphatic heterocycles. The van der Waals surface area contributed by atoms with Gasteiger partial charge in [-0.1, -0.05) is 18.2 Å². The number of hydrogen-bond donors (Lipinski definition) is 1. The number of nitro groups is 1. The molecule has 6 heteroatoms. The molecule has 2 aromatic carbocycles. The summed E-state index contributed by atoms with van der Waals surface area (Å²) < 4.78 is 5.09. The summed E-state index contributed by atoms with van der Waals surface area (Å²) >= 11 is 1.69. The van der Waals surface area contributed by atoms with Gasteiger partial charge in [-0.05, 0) is 48.7 Å². The van der Waals surface area contributed by atoms with Crippen molar-refractivity contribution in [1.82, 2.24) is 0 Å². The Morgan fingerprint density at radius 2 is 2.00 bits per heavy atom. The first-order valence-electron chi connectivity index (χ1n) is 7.83. The van der Waals surface area contributed by atoms with Gasteiger partial charge >= 0.3 is 0 Å². The van der Waals surface area contributed by atoms with Crippen LogP contribution >= 0.6 is 11.8 Å². The minimum Gasteiger partial charge on any atom is -0.497 e. The molecule has 0 aliphatic carbocycles. The first kappa shape index (κ1) is 17.5. The Morgan fingerprint density at radius 1 is 1.24 bits per heavy atom. The van der Waals surface area contributed by atoms with E-state index in [0.29, 0.717) is 5.56 Å². The highest BCUT2D eigenvalue weighted by atomic mass is 32.2. The predicted octanol–water partition coefficient (Wildman–Crippen LogP) is 4.60. The average molecular weight is 357 g/mol. The summed E-state index contributed by atoms with van der Waals surface area (Å²) in [6, 6.07) is 11.9. The third-order valence-corrected chi connectivity index (χ3v) is 5.27. The van der Waals surface area contributed by atoms with Gasteiger partial charge in [0.25, 0.3) is 5.69 Å². The minimum atomic E-state index is -0.938. The smallest absolute Gasteiger partial charge is 0.269 e. The fourth-order valence-electron chi connectivity index (χ4n) is 2.93. The second-order valence-electron chi connectivity index (χ2n) is 6.42. The molecule has 0 saturated carbocycles. The van der Waals surface area contributed by atoms with Crippen molar-refractivity contribution in [3.05, 3.63) is 69.8 Å². The molecule has 0 bridgehead atoms. The second kappa shape index (κ2) is 6.54. The molecule has 2 aromatic rings. The number of hydrogen-bond acceptors (Lipinski definition) is 5. The topological polar surface area (TPSA) is 72.6 Å². The molecule has 0 spiro atoms. The van der Waals surface area contributed by atoms with E-state index in [9.17, 15) is 15.2 Å². The van der Waals surface area contributed by atoms with Crippen LogP contribution in [0.25, 0.3) is 5.57 Å². The fourth-order valence-corrected chi connectivity index (χ4v) is 4.16. The number of nitro benzene ring substituents is 1. The van der Waals surface area contributed by atoms with Gasteiger partial charge in [-0.15, -0.1) is 11.8 Å². The second-order valence-corrected chi connectivity index (χ2v) is 8.12. The summed E-state index contributed by atoms with van der Waals surface area (Å²) in [5, 5.41) is 21.9. The molecule has 1 N–H and O–H groups in total. The molecule has 0 fully saturated rings. The highest BCUT2D eigenvalue weighted by Crippen LogP contribution is 2.48. The van der Waals surface area contributed by atoms with Crippen molar-refractivity contribution in [2.24, 2.45) is 0 Å². The van der Waals surface area contributed by atoms with Crippen molar-refractivity contribution in [1.29, 1.82) is 0 Å². The van der Waals surface area contributed by atoms with E-state index in [-0.39, 0.29) is 10.4 Å². The van der Waals surface area contributed by atoms with Crippen LogP contribution in [0.15, 0.2) is 53.4 Å². The molecule has 0 radical (unpaired) electrons. The van der Waals surface area contributed by atoms with E-state index in [0.717, 1.165) is 21.8 Å². The molecule has 1 atom stereocenters. The number of fused-ring (bicyclic) bond motifs is 1. The molecule has 25 heavy (non-hydrogen) atoms. The summed E-state index contributed by atoms with van der Waals surface area (Å²) in [4.78, 5) is 11.6. The lowest BCUT2D eigenvalue weighted by atomic mass is 9.91. The lowest BCUT2D eigenvalue weighted by molar-refractivity contribution is -0.385. The zero-order chi connectivity index (χ0) is 18.2. The first-order valence-corrected chi connectivity index (χ1v) is 8.65. The van der Waals surface area contributed by atoms with E-state index < -0.39 is 11.0 Å². The van der Waals surface area contributed by atoms with Crippen molar-refractivity contribution in [3.63, 3.8) is 0 Å². The predicted molar refractivity (Wildman–Crippen MR) is 99.0 cm³/mol. The summed E-state index contributed by atoms with van der Waals surface area (Å²) in [5.41, 5.74) is 2.15. The third kappa shape index (κ3) is 3.55. The van der Waals surface area contributed by atoms with Gasteiger partial charge in [-0.2, -0.15) is 0 Å². The Labute approximate surface area is 150 Å². The molecule has 0 amide bonds. The van der Waals surface area contributed by atoms with Crippen molar-refractivity contribution < 1.29 is 14.8 Å². The van der Waals surface area contributed by atoms with Crippen LogP contribution in [0.3, 0.4) is 0 Å². The molecule has 130 valence electrons. The highest BCUT2D eigenvalue weighted by molar-refractivity contribution is 8.01. The quantitative estimate of drug-likeness (QED) is 0.639. The third-order valence-electron chi connectivity index (χ3n) is 4.07. The van der Waals surface area contributed by atoms with Gasteiger partial charge in [0.05, 0.1) is 12.0 Å². The molecule has 1 unspecified atom stereocenters. The molecule has 1 heterocycles. The van der Waals surface area contributed by atoms with E-state index >= 15 is 0 Å². The van der Waals surface area contributed by atoms with Gasteiger partial charge in [0.1, 0.15) is 11.9 Å². The number of methoxy groups -OCH3 is 1. The van der Waals surface area contributed by atoms with Crippen LogP contribution in [0.5, 0.6) is 5.75 Å². The van der Waals surface area contributed by atoms with Crippen LogP contribution in [0.4, 0.5) is 5.69 Å². The zero-order valence-corrected chi connectivity index (χ0v) is 15.0. The van der Waals surface area contributed by atoms with Crippen LogP contribution in [0.1, 0.15) is 31.1 Å². The number of rotatable bonds is 4. The van der Waals surface area contributed by atoms with Crippen molar-refractivity contribution in [3.8, 4) is 5.75 Å². The van der Waals surface area contributed by atoms with Gasteiger partial charge in [-0.25, -0.2) is 0 Å². The number of benzene rings is 2. The van der Waals surface area contributed by atoms with Crippen LogP contribution in [0, 0.1) is 10.1 Å². The normalized spacial score (nSPS) is 16.6. The van der Waals surface area contributed by atoms with Gasteiger partial charge in [-0.3, -0.25) is 10.1 Å². The first-order chi connectivity index (χ1) is 11.8. The van der Waals surface area contributed by atoms with Gasteiger partial charge in [0.2, 0.25) is 0 Å². The molecule has 5 nitrogen and oxygen atoms in total. The van der Waals surface area contributed by atoms with E-state index in [1.807, 2.05) is 24.3 Å². The number of aliphatic hydroxyl groups is 1. The maximum Gasteiger partial charge on any atom is 0.269 e. The number of aliphatic hydroxyl groups excluding tert-OH is 1. The van der Waals surface area contributed by atoms with Crippen LogP contribution in [0.2, 0.25) is 0 Å². The largest absolute Gasteiger partial charge is 0.497 e. The van der Waals surface area contributed by atoms with Crippen LogP contribution < -0.4 is 4.74 Å². The average Bonchev–Trinajstić information content (AvgIpc) is 2.59. The summed E-state index contributed by atoms with van der Waals surface area (Å²) in [7, 11) is 1.62. The molecular formula is C19H19NO4S. The number of non-ortho nitro benzene ring substituents is 1. The lowest BCUT2D eigenvalue weighted by Gasteiger charge is -2.31. The van der Waals surface area contributed by atoms with Gasteiger partial charge in [0, 0.05) is 21.8 Å². The van der Waals surface area contributed by atoms with E-state index in [4.69, 9.17) is 4.74 Å². The maximum atomic E-state index is 11.0. The number of ether oxygens (including phenoxy) is 1. The Kier molecular flexibility index (Phi) is 4.58. The van der Waals surface area contributed by atoms with E-state index in [2.05, 4.69) is 13.8 Å². The number of nitrogens with zero attached hydrogens (tertiary/aromatic N) is 1. The van der Waals surface area contributed by atoms with Gasteiger partial charge < -0.3 is 9.84 Å². The SMILES string of the molecule is COc1ccc2c(c1)SC(C)(C)C=C2C(O)c1cccc([N+](=O)[O-])c1. The molecular weight excluding hydrogens is 338 g/mol. The van der Waals surface area contributed by atoms with Crippen LogP contribution in [-0.2, 0) is 0 Å². The Hall–Kier alpha value is -2.31. The number of thioether (sulfide) groups is 1. The van der Waals surface area contributed by atoms with Crippen molar-refractivity contribution in [2.45, 2.75) is 29.6 Å². The zero-order valence-electron chi connectivity index (χ0n) is 14.2.